The van der Waals surface area contributed by atoms with Crippen LogP contribution in [0.5, 0.6) is 5.75 Å². The van der Waals surface area contributed by atoms with Crippen LogP contribution in [-0.4, -0.2) is 52.6 Å². The third-order valence-corrected chi connectivity index (χ3v) is 7.23. The molecule has 3 aromatic rings. The molecule has 0 unspecified atom stereocenters. The molecule has 1 atom stereocenters. The predicted octanol–water partition coefficient (Wildman–Crippen LogP) is 4.42. The van der Waals surface area contributed by atoms with Crippen molar-refractivity contribution in [1.29, 1.82) is 0 Å². The number of rotatable bonds is 2. The van der Waals surface area contributed by atoms with Crippen LogP contribution in [-0.2, 0) is 11.0 Å². The van der Waals surface area contributed by atoms with Crippen molar-refractivity contribution in [3.8, 4) is 11.4 Å². The smallest absolute Gasteiger partial charge is 0.431 e. The summed E-state index contributed by atoms with van der Waals surface area (Å²) in [5.41, 5.74) is 1.39. The molecule has 1 aromatic carbocycles. The van der Waals surface area contributed by atoms with E-state index < -0.39 is 39.6 Å². The molecule has 1 fully saturated rings. The number of hydrogen-bond donors (Lipinski definition) is 1. The Labute approximate surface area is 222 Å². The van der Waals surface area contributed by atoms with Gasteiger partial charge in [-0.3, -0.25) is 14.2 Å². The summed E-state index contributed by atoms with van der Waals surface area (Å²) >= 11 is 11.8. The lowest BCUT2D eigenvalue weighted by molar-refractivity contribution is -0.142. The number of piperazine rings is 1. The SMILES string of the molecule is C=CC(=O)N1CCN2c3c(cnc4c(=O)n(-c5c(N)c(Cl)cc(Cl)c5F)c(C(F)(F)F)cc34)OCC[C@@H]2C1. The van der Waals surface area contributed by atoms with Crippen molar-refractivity contribution < 1.29 is 27.1 Å². The molecular weight excluding hydrogens is 553 g/mol. The lowest BCUT2D eigenvalue weighted by Gasteiger charge is -2.41. The number of fused-ring (bicyclic) bond motifs is 5. The van der Waals surface area contributed by atoms with Gasteiger partial charge in [0.25, 0.3) is 5.56 Å². The number of ether oxygens (including phenoxy) is 1. The van der Waals surface area contributed by atoms with Crippen LogP contribution in [0.15, 0.2) is 35.8 Å². The number of anilines is 2. The fourth-order valence-electron chi connectivity index (χ4n) is 4.90. The van der Waals surface area contributed by atoms with E-state index in [2.05, 4.69) is 11.6 Å². The van der Waals surface area contributed by atoms with E-state index >= 15 is 4.39 Å². The molecule has 2 N–H and O–H groups in total. The Morgan fingerprint density at radius 1 is 1.21 bits per heavy atom. The maximum absolute atomic E-state index is 15.1. The summed E-state index contributed by atoms with van der Waals surface area (Å²) in [7, 11) is 0. The van der Waals surface area contributed by atoms with E-state index in [4.69, 9.17) is 33.7 Å². The quantitative estimate of drug-likeness (QED) is 0.212. The van der Waals surface area contributed by atoms with Gasteiger partial charge in [-0.05, 0) is 18.2 Å². The van der Waals surface area contributed by atoms with Gasteiger partial charge in [-0.2, -0.15) is 13.2 Å². The number of carbonyl (C=O) groups is 1. The number of pyridine rings is 2. The van der Waals surface area contributed by atoms with E-state index in [1.165, 1.54) is 12.3 Å². The van der Waals surface area contributed by atoms with Crippen molar-refractivity contribution in [2.24, 2.45) is 0 Å². The molecular formula is C24H19Cl2F4N5O3. The maximum atomic E-state index is 15.1. The fraction of sp³-hybridized carbons (Fsp3) is 0.292. The maximum Gasteiger partial charge on any atom is 0.431 e. The monoisotopic (exact) mass is 571 g/mol. The molecule has 1 amide bonds. The first-order valence-electron chi connectivity index (χ1n) is 11.3. The second kappa shape index (κ2) is 9.35. The number of nitrogens with zero attached hydrogens (tertiary/aromatic N) is 4. The fourth-order valence-corrected chi connectivity index (χ4v) is 5.35. The van der Waals surface area contributed by atoms with Crippen molar-refractivity contribution in [2.45, 2.75) is 18.6 Å². The zero-order valence-corrected chi connectivity index (χ0v) is 21.0. The number of alkyl halides is 3. The third-order valence-electron chi connectivity index (χ3n) is 6.64. The number of nitrogen functional groups attached to an aromatic ring is 1. The Hall–Kier alpha value is -3.51. The largest absolute Gasteiger partial charge is 0.490 e. The van der Waals surface area contributed by atoms with E-state index in [1.807, 2.05) is 4.90 Å². The van der Waals surface area contributed by atoms with Gasteiger partial charge in [0.05, 0.1) is 40.3 Å². The van der Waals surface area contributed by atoms with Gasteiger partial charge in [0.1, 0.15) is 16.9 Å². The highest BCUT2D eigenvalue weighted by molar-refractivity contribution is 6.37. The van der Waals surface area contributed by atoms with E-state index in [0.717, 1.165) is 6.07 Å². The minimum atomic E-state index is -5.12. The van der Waals surface area contributed by atoms with Crippen molar-refractivity contribution in [2.75, 3.05) is 36.9 Å². The molecule has 2 aliphatic rings. The summed E-state index contributed by atoms with van der Waals surface area (Å²) in [5.74, 6) is -1.43. The Morgan fingerprint density at radius 2 is 1.95 bits per heavy atom. The van der Waals surface area contributed by atoms with Crippen LogP contribution in [0.1, 0.15) is 12.1 Å². The Bertz CT molecular complexity index is 1530. The molecule has 14 heteroatoms. The Balaban J connectivity index is 1.80. The van der Waals surface area contributed by atoms with Gasteiger partial charge < -0.3 is 20.3 Å². The second-order valence-electron chi connectivity index (χ2n) is 8.79. The molecule has 200 valence electrons. The van der Waals surface area contributed by atoms with Crippen LogP contribution in [0.4, 0.5) is 28.9 Å². The van der Waals surface area contributed by atoms with Crippen molar-refractivity contribution in [3.63, 3.8) is 0 Å². The van der Waals surface area contributed by atoms with Crippen LogP contribution in [0.2, 0.25) is 10.0 Å². The first kappa shape index (κ1) is 26.1. The van der Waals surface area contributed by atoms with Gasteiger partial charge >= 0.3 is 6.18 Å². The second-order valence-corrected chi connectivity index (χ2v) is 9.60. The van der Waals surface area contributed by atoms with Crippen LogP contribution < -0.4 is 20.9 Å². The molecule has 38 heavy (non-hydrogen) atoms. The molecule has 1 saturated heterocycles. The third kappa shape index (κ3) is 4.11. The first-order valence-corrected chi connectivity index (χ1v) is 12.1. The van der Waals surface area contributed by atoms with Gasteiger partial charge in [0.15, 0.2) is 11.6 Å². The molecule has 2 aliphatic heterocycles. The topological polar surface area (TPSA) is 93.7 Å². The van der Waals surface area contributed by atoms with Gasteiger partial charge in [-0.15, -0.1) is 0 Å². The van der Waals surface area contributed by atoms with Crippen molar-refractivity contribution in [1.82, 2.24) is 14.5 Å². The number of benzene rings is 1. The number of amides is 1. The Kier molecular flexibility index (Phi) is 6.42. The predicted molar refractivity (Wildman–Crippen MR) is 135 cm³/mol. The van der Waals surface area contributed by atoms with Crippen molar-refractivity contribution >= 4 is 51.4 Å². The number of hydrogen-bond acceptors (Lipinski definition) is 6. The molecule has 4 heterocycles. The standard InChI is InChI=1S/C24H19Cl2F4N5O3/c1-2-17(36)33-4-5-34-11(10-33)3-6-38-15-9-32-20-12(21(15)34)7-16(24(28,29)30)35(23(20)37)22-18(27)13(25)8-14(26)19(22)31/h2,7-9,11H,1,3-6,10,31H2/t11-/m1/s1. The molecule has 0 aliphatic carbocycles. The van der Waals surface area contributed by atoms with Crippen LogP contribution in [0.3, 0.4) is 0 Å². The lowest BCUT2D eigenvalue weighted by atomic mass is 10.1. The van der Waals surface area contributed by atoms with E-state index in [1.54, 1.807) is 4.90 Å². The first-order chi connectivity index (χ1) is 17.9. The van der Waals surface area contributed by atoms with Gasteiger partial charge in [0, 0.05) is 31.4 Å². The van der Waals surface area contributed by atoms with E-state index in [0.29, 0.717) is 12.5 Å². The number of nitrogens with two attached hydrogens (primary N) is 1. The average molecular weight is 572 g/mol. The molecule has 8 nitrogen and oxygen atoms in total. The summed E-state index contributed by atoms with van der Waals surface area (Å²) in [6, 6.07) is 1.34. The summed E-state index contributed by atoms with van der Waals surface area (Å²) in [6.45, 7) is 4.53. The minimum absolute atomic E-state index is 0.0971. The molecule has 0 radical (unpaired) electrons. The highest BCUT2D eigenvalue weighted by Crippen LogP contribution is 2.43. The summed E-state index contributed by atoms with van der Waals surface area (Å²) in [6.07, 6.45) is -2.22. The van der Waals surface area contributed by atoms with Crippen LogP contribution in [0.25, 0.3) is 16.6 Å². The zero-order chi connectivity index (χ0) is 27.5. The number of carbonyl (C=O) groups excluding carboxylic acids is 1. The molecule has 0 spiro atoms. The summed E-state index contributed by atoms with van der Waals surface area (Å²) in [5, 5.41) is -1.08. The molecule has 5 rings (SSSR count). The number of halogens is 6. The molecule has 0 saturated carbocycles. The van der Waals surface area contributed by atoms with Crippen LogP contribution >= 0.6 is 23.2 Å². The molecule has 2 aromatic heterocycles. The molecule has 0 bridgehead atoms. The highest BCUT2D eigenvalue weighted by Gasteiger charge is 2.40. The van der Waals surface area contributed by atoms with Gasteiger partial charge in [-0.25, -0.2) is 9.37 Å². The van der Waals surface area contributed by atoms with Crippen molar-refractivity contribution in [3.05, 3.63) is 62.9 Å². The highest BCUT2D eigenvalue weighted by atomic mass is 35.5. The van der Waals surface area contributed by atoms with E-state index in [-0.39, 0.29) is 70.1 Å². The average Bonchev–Trinajstić information content (AvgIpc) is 3.06. The van der Waals surface area contributed by atoms with Gasteiger partial charge in [0.2, 0.25) is 5.91 Å². The lowest BCUT2D eigenvalue weighted by Crippen LogP contribution is -2.54. The summed E-state index contributed by atoms with van der Waals surface area (Å²) < 4.78 is 64.2. The summed E-state index contributed by atoms with van der Waals surface area (Å²) in [4.78, 5) is 33.3. The number of aromatic nitrogens is 2. The zero-order valence-electron chi connectivity index (χ0n) is 19.5. The minimum Gasteiger partial charge on any atom is -0.490 e. The van der Waals surface area contributed by atoms with Crippen LogP contribution in [0, 0.1) is 5.82 Å². The van der Waals surface area contributed by atoms with Gasteiger partial charge in [-0.1, -0.05) is 29.8 Å². The normalized spacial score (nSPS) is 17.5. The Morgan fingerprint density at radius 3 is 2.63 bits per heavy atom. The van der Waals surface area contributed by atoms with E-state index in [9.17, 15) is 22.8 Å².